The third-order valence-electron chi connectivity index (χ3n) is 1.75. The van der Waals surface area contributed by atoms with Crippen molar-refractivity contribution in [2.45, 2.75) is 5.85 Å². The van der Waals surface area contributed by atoms with Gasteiger partial charge in [0.05, 0.1) is 12.7 Å². The van der Waals surface area contributed by atoms with E-state index in [9.17, 15) is 5.11 Å². The van der Waals surface area contributed by atoms with Crippen LogP contribution in [0.2, 0.25) is 0 Å². The Labute approximate surface area is 68.7 Å². The Morgan fingerprint density at radius 1 is 1.75 bits per heavy atom. The fourth-order valence-corrected chi connectivity index (χ4v) is 1.12. The Balaban J connectivity index is 2.59. The number of hydrogen-bond donors (Lipinski definition) is 3. The number of anilines is 1. The number of hydrogen-bond acceptors (Lipinski definition) is 5. The molecule has 0 unspecified atom stereocenters. The minimum atomic E-state index is -1.69. The zero-order valence-corrected chi connectivity index (χ0v) is 6.52. The van der Waals surface area contributed by atoms with E-state index in [0.29, 0.717) is 11.5 Å². The molecule has 0 aliphatic carbocycles. The third kappa shape index (κ3) is 0.821. The van der Waals surface area contributed by atoms with Crippen LogP contribution >= 0.6 is 0 Å². The van der Waals surface area contributed by atoms with Crippen molar-refractivity contribution in [2.75, 3.05) is 5.32 Å². The summed E-state index contributed by atoms with van der Waals surface area (Å²) in [6, 6.07) is 0. The number of imidazole rings is 1. The SMILES string of the molecule is Cn1cnc2c1NC=N[C@@]2(N)O. The first-order valence-corrected chi connectivity index (χ1v) is 3.44. The number of aryl methyl sites for hydroxylation is 1. The molecule has 6 heteroatoms. The van der Waals surface area contributed by atoms with Gasteiger partial charge < -0.3 is 15.0 Å². The van der Waals surface area contributed by atoms with Crippen molar-refractivity contribution in [3.05, 3.63) is 12.0 Å². The van der Waals surface area contributed by atoms with Crippen molar-refractivity contribution >= 4 is 12.2 Å². The molecule has 2 rings (SSSR count). The highest BCUT2D eigenvalue weighted by Gasteiger charge is 2.31. The van der Waals surface area contributed by atoms with Gasteiger partial charge in [-0.2, -0.15) is 0 Å². The lowest BCUT2D eigenvalue weighted by molar-refractivity contribution is 0.0498. The summed E-state index contributed by atoms with van der Waals surface area (Å²) in [7, 11) is 1.80. The van der Waals surface area contributed by atoms with Gasteiger partial charge >= 0.3 is 0 Å². The van der Waals surface area contributed by atoms with E-state index in [1.807, 2.05) is 0 Å². The fourth-order valence-electron chi connectivity index (χ4n) is 1.12. The molecule has 0 saturated carbocycles. The highest BCUT2D eigenvalue weighted by Crippen LogP contribution is 2.25. The summed E-state index contributed by atoms with van der Waals surface area (Å²) in [5.74, 6) is -1.03. The van der Waals surface area contributed by atoms with Gasteiger partial charge in [0, 0.05) is 7.05 Å². The van der Waals surface area contributed by atoms with Crippen LogP contribution in [0.1, 0.15) is 5.69 Å². The largest absolute Gasteiger partial charge is 0.352 e. The standard InChI is InChI=1S/C6H9N5O/c1-11-3-9-4-5(11)8-2-10-6(4,7)12/h2-3,12H,7H2,1H3,(H,8,10)/t6-/m1/s1. The molecule has 4 N–H and O–H groups in total. The third-order valence-corrected chi connectivity index (χ3v) is 1.75. The van der Waals surface area contributed by atoms with Crippen LogP contribution < -0.4 is 11.1 Å². The molecule has 0 fully saturated rings. The quantitative estimate of drug-likeness (QED) is 0.429. The maximum Gasteiger partial charge on any atom is 0.260 e. The van der Waals surface area contributed by atoms with Gasteiger partial charge in [-0.25, -0.2) is 9.98 Å². The van der Waals surface area contributed by atoms with Crippen molar-refractivity contribution in [1.82, 2.24) is 9.55 Å². The molecule has 64 valence electrons. The molecule has 6 nitrogen and oxygen atoms in total. The summed E-state index contributed by atoms with van der Waals surface area (Å²) in [6.07, 6.45) is 2.91. The molecule has 1 aliphatic rings. The number of aromatic nitrogens is 2. The van der Waals surface area contributed by atoms with Crippen LogP contribution in [0.15, 0.2) is 11.3 Å². The summed E-state index contributed by atoms with van der Waals surface area (Å²) < 4.78 is 1.72. The second kappa shape index (κ2) is 2.05. The van der Waals surface area contributed by atoms with Gasteiger partial charge in [0.15, 0.2) is 5.69 Å². The summed E-state index contributed by atoms with van der Waals surface area (Å²) in [6.45, 7) is 0. The molecule has 1 aromatic rings. The monoisotopic (exact) mass is 167 g/mol. The highest BCUT2D eigenvalue weighted by atomic mass is 16.3. The normalized spacial score (nSPS) is 26.6. The predicted molar refractivity (Wildman–Crippen MR) is 43.4 cm³/mol. The molecule has 0 saturated heterocycles. The first-order valence-electron chi connectivity index (χ1n) is 3.44. The molecule has 0 bridgehead atoms. The Bertz CT molecular complexity index is 340. The van der Waals surface area contributed by atoms with E-state index in [2.05, 4.69) is 15.3 Å². The Hall–Kier alpha value is -1.40. The van der Waals surface area contributed by atoms with Gasteiger partial charge in [0.2, 0.25) is 0 Å². The minimum Gasteiger partial charge on any atom is -0.352 e. The summed E-state index contributed by atoms with van der Waals surface area (Å²) in [5.41, 5.74) is 5.78. The Morgan fingerprint density at radius 2 is 2.50 bits per heavy atom. The number of fused-ring (bicyclic) bond motifs is 1. The molecule has 0 radical (unpaired) electrons. The van der Waals surface area contributed by atoms with Crippen LogP contribution in [0.25, 0.3) is 0 Å². The Morgan fingerprint density at radius 3 is 3.17 bits per heavy atom. The van der Waals surface area contributed by atoms with Crippen molar-refractivity contribution in [2.24, 2.45) is 17.8 Å². The van der Waals surface area contributed by atoms with Gasteiger partial charge in [0.25, 0.3) is 5.85 Å². The zero-order valence-electron chi connectivity index (χ0n) is 6.52. The summed E-state index contributed by atoms with van der Waals surface area (Å²) in [5, 5.41) is 12.3. The van der Waals surface area contributed by atoms with Gasteiger partial charge in [-0.15, -0.1) is 0 Å². The van der Waals surface area contributed by atoms with Crippen molar-refractivity contribution in [3.8, 4) is 0 Å². The van der Waals surface area contributed by atoms with E-state index in [1.54, 1.807) is 17.9 Å². The van der Waals surface area contributed by atoms with E-state index in [1.165, 1.54) is 6.34 Å². The minimum absolute atomic E-state index is 0.340. The van der Waals surface area contributed by atoms with Crippen LogP contribution in [0.4, 0.5) is 5.82 Å². The van der Waals surface area contributed by atoms with Crippen molar-refractivity contribution < 1.29 is 5.11 Å². The Kier molecular flexibility index (Phi) is 1.24. The molecule has 12 heavy (non-hydrogen) atoms. The second-order valence-corrected chi connectivity index (χ2v) is 2.68. The molecule has 0 spiro atoms. The number of nitrogens with two attached hydrogens (primary N) is 1. The van der Waals surface area contributed by atoms with E-state index in [-0.39, 0.29) is 0 Å². The number of nitrogens with zero attached hydrogens (tertiary/aromatic N) is 3. The highest BCUT2D eigenvalue weighted by molar-refractivity contribution is 5.78. The number of nitrogens with one attached hydrogen (secondary N) is 1. The van der Waals surface area contributed by atoms with Crippen LogP contribution in [0.3, 0.4) is 0 Å². The first-order chi connectivity index (χ1) is 5.61. The molecule has 1 aromatic heterocycles. The van der Waals surface area contributed by atoms with Gasteiger partial charge in [-0.1, -0.05) is 0 Å². The molecule has 1 aliphatic heterocycles. The maximum absolute atomic E-state index is 9.50. The molecular formula is C6H9N5O. The van der Waals surface area contributed by atoms with Crippen LogP contribution in [0.5, 0.6) is 0 Å². The average Bonchev–Trinajstić information content (AvgIpc) is 2.33. The predicted octanol–water partition coefficient (Wildman–Crippen LogP) is -1.06. The lowest BCUT2D eigenvalue weighted by Gasteiger charge is -2.21. The smallest absolute Gasteiger partial charge is 0.260 e. The van der Waals surface area contributed by atoms with Crippen LogP contribution in [-0.4, -0.2) is 21.0 Å². The first kappa shape index (κ1) is 7.26. The average molecular weight is 167 g/mol. The lowest BCUT2D eigenvalue weighted by Crippen LogP contribution is -2.38. The van der Waals surface area contributed by atoms with E-state index in [4.69, 9.17) is 5.73 Å². The fraction of sp³-hybridized carbons (Fsp3) is 0.333. The summed E-state index contributed by atoms with van der Waals surface area (Å²) >= 11 is 0. The number of aliphatic imine (C=N–C) groups is 1. The van der Waals surface area contributed by atoms with E-state index < -0.39 is 5.85 Å². The van der Waals surface area contributed by atoms with E-state index in [0.717, 1.165) is 0 Å². The van der Waals surface area contributed by atoms with Crippen LogP contribution in [-0.2, 0) is 12.9 Å². The molecule has 2 heterocycles. The van der Waals surface area contributed by atoms with Gasteiger partial charge in [-0.3, -0.25) is 5.73 Å². The molecule has 1 atom stereocenters. The zero-order chi connectivity index (χ0) is 8.77. The number of rotatable bonds is 0. The maximum atomic E-state index is 9.50. The lowest BCUT2D eigenvalue weighted by atomic mass is 10.3. The molecule has 0 amide bonds. The second-order valence-electron chi connectivity index (χ2n) is 2.68. The number of aliphatic hydroxyl groups is 1. The van der Waals surface area contributed by atoms with Gasteiger partial charge in [0.1, 0.15) is 5.82 Å². The summed E-state index contributed by atoms with van der Waals surface area (Å²) in [4.78, 5) is 7.56. The molecule has 0 aromatic carbocycles. The van der Waals surface area contributed by atoms with E-state index >= 15 is 0 Å². The van der Waals surface area contributed by atoms with Crippen molar-refractivity contribution in [1.29, 1.82) is 0 Å². The van der Waals surface area contributed by atoms with Gasteiger partial charge in [-0.05, 0) is 0 Å². The topological polar surface area (TPSA) is 88.5 Å². The van der Waals surface area contributed by atoms with Crippen LogP contribution in [0, 0.1) is 0 Å². The van der Waals surface area contributed by atoms with Crippen molar-refractivity contribution in [3.63, 3.8) is 0 Å². The molecular weight excluding hydrogens is 158 g/mol.